The van der Waals surface area contributed by atoms with Crippen LogP contribution in [0.2, 0.25) is 0 Å². The van der Waals surface area contributed by atoms with Crippen LogP contribution >= 0.6 is 0 Å². The molecule has 0 aliphatic carbocycles. The molecule has 0 radical (unpaired) electrons. The highest BCUT2D eigenvalue weighted by Gasteiger charge is 2.09. The topological polar surface area (TPSA) is 61.8 Å². The lowest BCUT2D eigenvalue weighted by molar-refractivity contribution is 0.102. The summed E-state index contributed by atoms with van der Waals surface area (Å²) in [5, 5.41) is 11.9. The van der Waals surface area contributed by atoms with Crippen molar-refractivity contribution in [3.8, 4) is 5.75 Å². The van der Waals surface area contributed by atoms with Crippen molar-refractivity contribution in [3.63, 3.8) is 0 Å². The number of hydrogen-bond donors (Lipinski definition) is 2. The average Bonchev–Trinajstić information content (AvgIpc) is 2.58. The number of likely N-dealkylation sites (N-methyl/N-ethyl adjacent to an activating group) is 1. The molecule has 0 atom stereocenters. The van der Waals surface area contributed by atoms with E-state index in [-0.39, 0.29) is 12.5 Å². The van der Waals surface area contributed by atoms with Crippen molar-refractivity contribution in [2.24, 2.45) is 0 Å². The van der Waals surface area contributed by atoms with Crippen LogP contribution in [-0.4, -0.2) is 37.8 Å². The zero-order chi connectivity index (χ0) is 17.5. The van der Waals surface area contributed by atoms with E-state index in [1.807, 2.05) is 56.1 Å². The molecule has 5 nitrogen and oxygen atoms in total. The zero-order valence-corrected chi connectivity index (χ0v) is 14.4. The molecule has 0 spiro atoms. The molecule has 2 rings (SSSR count). The number of anilines is 2. The highest BCUT2D eigenvalue weighted by molar-refractivity contribution is 6.04. The number of benzene rings is 2. The van der Waals surface area contributed by atoms with E-state index in [1.54, 1.807) is 12.1 Å². The summed E-state index contributed by atoms with van der Waals surface area (Å²) in [6, 6.07) is 12.9. The van der Waals surface area contributed by atoms with Crippen molar-refractivity contribution in [1.29, 1.82) is 0 Å². The molecule has 128 valence electrons. The Morgan fingerprint density at radius 2 is 1.92 bits per heavy atom. The van der Waals surface area contributed by atoms with Crippen LogP contribution in [0.1, 0.15) is 22.8 Å². The van der Waals surface area contributed by atoms with Crippen LogP contribution in [0, 0.1) is 6.92 Å². The molecule has 0 aliphatic rings. The van der Waals surface area contributed by atoms with Crippen LogP contribution in [0.4, 0.5) is 11.4 Å². The minimum Gasteiger partial charge on any atom is -0.494 e. The third-order valence-electron chi connectivity index (χ3n) is 3.75. The number of ether oxygens (including phenoxy) is 1. The van der Waals surface area contributed by atoms with Crippen molar-refractivity contribution >= 4 is 17.3 Å². The highest BCUT2D eigenvalue weighted by Crippen LogP contribution is 2.21. The van der Waals surface area contributed by atoms with Gasteiger partial charge in [0, 0.05) is 30.5 Å². The Balaban J connectivity index is 2.08. The number of hydrogen-bond acceptors (Lipinski definition) is 4. The van der Waals surface area contributed by atoms with Gasteiger partial charge in [-0.3, -0.25) is 4.79 Å². The van der Waals surface area contributed by atoms with Gasteiger partial charge >= 0.3 is 0 Å². The van der Waals surface area contributed by atoms with Gasteiger partial charge in [0.25, 0.3) is 5.91 Å². The fourth-order valence-electron chi connectivity index (χ4n) is 2.33. The molecule has 0 fully saturated rings. The van der Waals surface area contributed by atoms with Crippen molar-refractivity contribution < 1.29 is 14.6 Å². The third-order valence-corrected chi connectivity index (χ3v) is 3.75. The maximum absolute atomic E-state index is 12.4. The van der Waals surface area contributed by atoms with Gasteiger partial charge in [0.05, 0.1) is 13.2 Å². The monoisotopic (exact) mass is 328 g/mol. The Morgan fingerprint density at radius 3 is 2.54 bits per heavy atom. The summed E-state index contributed by atoms with van der Waals surface area (Å²) in [6.07, 6.45) is 0. The lowest BCUT2D eigenvalue weighted by Gasteiger charge is -2.18. The van der Waals surface area contributed by atoms with Gasteiger partial charge in [-0.15, -0.1) is 0 Å². The SMILES string of the molecule is CCOc1cc(C(=O)Nc2ccc(N(C)CCO)cc2)ccc1C. The Bertz CT molecular complexity index is 684. The zero-order valence-electron chi connectivity index (χ0n) is 14.4. The second kappa shape index (κ2) is 8.36. The second-order valence-electron chi connectivity index (χ2n) is 5.56. The van der Waals surface area contributed by atoms with Crippen LogP contribution in [0.15, 0.2) is 42.5 Å². The third kappa shape index (κ3) is 4.49. The Kier molecular flexibility index (Phi) is 6.21. The number of carbonyl (C=O) groups excluding carboxylic acids is 1. The van der Waals surface area contributed by atoms with E-state index in [0.29, 0.717) is 18.7 Å². The highest BCUT2D eigenvalue weighted by atomic mass is 16.5. The van der Waals surface area contributed by atoms with Crippen LogP contribution in [0.25, 0.3) is 0 Å². The molecule has 0 saturated heterocycles. The Labute approximate surface area is 142 Å². The standard InChI is InChI=1S/C19H24N2O3/c1-4-24-18-13-15(6-5-14(18)2)19(23)20-16-7-9-17(10-8-16)21(3)11-12-22/h5-10,13,22H,4,11-12H2,1-3H3,(H,20,23). The van der Waals surface area contributed by atoms with Gasteiger partial charge < -0.3 is 20.1 Å². The molecular formula is C19H24N2O3. The fourth-order valence-corrected chi connectivity index (χ4v) is 2.33. The first-order chi connectivity index (χ1) is 11.5. The number of nitrogens with one attached hydrogen (secondary N) is 1. The van der Waals surface area contributed by atoms with E-state index in [2.05, 4.69) is 5.32 Å². The smallest absolute Gasteiger partial charge is 0.255 e. The largest absolute Gasteiger partial charge is 0.494 e. The molecule has 0 heterocycles. The predicted molar refractivity (Wildman–Crippen MR) is 97.1 cm³/mol. The van der Waals surface area contributed by atoms with Crippen LogP contribution in [-0.2, 0) is 0 Å². The molecule has 2 aromatic carbocycles. The minimum absolute atomic E-state index is 0.102. The van der Waals surface area contributed by atoms with Gasteiger partial charge in [-0.05, 0) is 55.8 Å². The molecule has 0 aliphatic heterocycles. The molecule has 0 aromatic heterocycles. The predicted octanol–water partition coefficient (Wildman–Crippen LogP) is 3.07. The van der Waals surface area contributed by atoms with E-state index in [0.717, 1.165) is 22.7 Å². The molecule has 0 bridgehead atoms. The number of rotatable bonds is 7. The van der Waals surface area contributed by atoms with Gasteiger partial charge in [-0.2, -0.15) is 0 Å². The Morgan fingerprint density at radius 1 is 1.21 bits per heavy atom. The normalized spacial score (nSPS) is 10.3. The van der Waals surface area contributed by atoms with Gasteiger partial charge in [-0.25, -0.2) is 0 Å². The number of aryl methyl sites for hydroxylation is 1. The average molecular weight is 328 g/mol. The first-order valence-electron chi connectivity index (χ1n) is 8.02. The van der Waals surface area contributed by atoms with Crippen molar-refractivity contribution in [1.82, 2.24) is 0 Å². The summed E-state index contributed by atoms with van der Waals surface area (Å²) in [5.74, 6) is 0.554. The summed E-state index contributed by atoms with van der Waals surface area (Å²) < 4.78 is 5.54. The van der Waals surface area contributed by atoms with Gasteiger partial charge in [-0.1, -0.05) is 6.07 Å². The lowest BCUT2D eigenvalue weighted by atomic mass is 10.1. The Hall–Kier alpha value is -2.53. The first kappa shape index (κ1) is 17.8. The summed E-state index contributed by atoms with van der Waals surface area (Å²) in [7, 11) is 1.91. The lowest BCUT2D eigenvalue weighted by Crippen LogP contribution is -2.21. The van der Waals surface area contributed by atoms with Crippen LogP contribution in [0.5, 0.6) is 5.75 Å². The van der Waals surface area contributed by atoms with E-state index >= 15 is 0 Å². The molecule has 0 saturated carbocycles. The maximum Gasteiger partial charge on any atom is 0.255 e. The summed E-state index contributed by atoms with van der Waals surface area (Å²) in [4.78, 5) is 14.3. The quantitative estimate of drug-likeness (QED) is 0.820. The van der Waals surface area contributed by atoms with Gasteiger partial charge in [0.2, 0.25) is 0 Å². The second-order valence-corrected chi connectivity index (χ2v) is 5.56. The molecule has 24 heavy (non-hydrogen) atoms. The first-order valence-corrected chi connectivity index (χ1v) is 8.02. The molecule has 0 unspecified atom stereocenters. The van der Waals surface area contributed by atoms with Gasteiger partial charge in [0.15, 0.2) is 0 Å². The molecule has 5 heteroatoms. The number of amides is 1. The summed E-state index contributed by atoms with van der Waals surface area (Å²) in [6.45, 7) is 5.10. The number of nitrogens with zero attached hydrogens (tertiary/aromatic N) is 1. The molecule has 1 amide bonds. The van der Waals surface area contributed by atoms with Crippen molar-refractivity contribution in [3.05, 3.63) is 53.6 Å². The number of carbonyl (C=O) groups is 1. The van der Waals surface area contributed by atoms with E-state index in [4.69, 9.17) is 9.84 Å². The van der Waals surface area contributed by atoms with Crippen molar-refractivity contribution in [2.45, 2.75) is 13.8 Å². The fraction of sp³-hybridized carbons (Fsp3) is 0.316. The number of aliphatic hydroxyl groups excluding tert-OH is 1. The van der Waals surface area contributed by atoms with E-state index < -0.39 is 0 Å². The maximum atomic E-state index is 12.4. The number of aliphatic hydroxyl groups is 1. The van der Waals surface area contributed by atoms with Crippen molar-refractivity contribution in [2.75, 3.05) is 37.0 Å². The van der Waals surface area contributed by atoms with Crippen LogP contribution in [0.3, 0.4) is 0 Å². The molecular weight excluding hydrogens is 304 g/mol. The van der Waals surface area contributed by atoms with Gasteiger partial charge in [0.1, 0.15) is 5.75 Å². The van der Waals surface area contributed by atoms with E-state index in [9.17, 15) is 4.79 Å². The molecule has 2 aromatic rings. The summed E-state index contributed by atoms with van der Waals surface area (Å²) >= 11 is 0. The minimum atomic E-state index is -0.174. The van der Waals surface area contributed by atoms with Crippen LogP contribution < -0.4 is 15.0 Å². The summed E-state index contributed by atoms with van der Waals surface area (Å²) in [5.41, 5.74) is 3.27. The molecule has 2 N–H and O–H groups in total. The van der Waals surface area contributed by atoms with E-state index in [1.165, 1.54) is 0 Å².